The smallest absolute Gasteiger partial charge is 0.232 e. The first kappa shape index (κ1) is 17.5. The molecule has 25 heavy (non-hydrogen) atoms. The molecule has 0 spiro atoms. The molecule has 2 aromatic rings. The molecule has 1 fully saturated rings. The Kier molecular flexibility index (Phi) is 4.36. The molecule has 1 N–H and O–H groups in total. The summed E-state index contributed by atoms with van der Waals surface area (Å²) < 4.78 is 6.00. The Morgan fingerprint density at radius 3 is 2.64 bits per heavy atom. The van der Waals surface area contributed by atoms with E-state index in [1.807, 2.05) is 26.8 Å². The predicted octanol–water partition coefficient (Wildman–Crippen LogP) is 1.73. The third-order valence-electron chi connectivity index (χ3n) is 4.41. The normalized spacial score (nSPS) is 21.0. The van der Waals surface area contributed by atoms with Crippen LogP contribution < -0.4 is 5.32 Å². The van der Waals surface area contributed by atoms with E-state index < -0.39 is 5.92 Å². The molecule has 2 unspecified atom stereocenters. The van der Waals surface area contributed by atoms with Crippen molar-refractivity contribution in [1.82, 2.24) is 24.0 Å². The SMILES string of the molecule is CN1C(=O)CC(C(=O)Nc2nc(C(C)(C)C)ns2)C1c1ccnn1C. The molecule has 2 atom stereocenters. The van der Waals surface area contributed by atoms with Crippen LogP contribution in [-0.2, 0) is 22.1 Å². The van der Waals surface area contributed by atoms with E-state index in [9.17, 15) is 9.59 Å². The molecule has 0 aromatic carbocycles. The van der Waals surface area contributed by atoms with Crippen LogP contribution in [0.5, 0.6) is 0 Å². The number of hydrogen-bond acceptors (Lipinski definition) is 6. The van der Waals surface area contributed by atoms with Gasteiger partial charge in [-0.3, -0.25) is 14.3 Å². The molecule has 2 amide bonds. The molecule has 0 radical (unpaired) electrons. The molecule has 0 saturated carbocycles. The fourth-order valence-electron chi connectivity index (χ4n) is 2.96. The van der Waals surface area contributed by atoms with Crippen LogP contribution in [0.15, 0.2) is 12.3 Å². The Morgan fingerprint density at radius 2 is 2.08 bits per heavy atom. The van der Waals surface area contributed by atoms with E-state index in [1.54, 1.807) is 29.9 Å². The number of amides is 2. The predicted molar refractivity (Wildman–Crippen MR) is 94.1 cm³/mol. The van der Waals surface area contributed by atoms with Gasteiger partial charge in [0.15, 0.2) is 0 Å². The minimum Gasteiger partial charge on any atom is -0.336 e. The number of nitrogens with one attached hydrogen (secondary N) is 1. The fourth-order valence-corrected chi connectivity index (χ4v) is 3.72. The highest BCUT2D eigenvalue weighted by Gasteiger charge is 2.44. The van der Waals surface area contributed by atoms with Gasteiger partial charge in [-0.25, -0.2) is 4.98 Å². The first-order chi connectivity index (χ1) is 11.7. The number of likely N-dealkylation sites (tertiary alicyclic amines) is 1. The molecule has 1 aliphatic rings. The van der Waals surface area contributed by atoms with Gasteiger partial charge < -0.3 is 10.2 Å². The maximum absolute atomic E-state index is 12.8. The third kappa shape index (κ3) is 3.28. The molecule has 2 aromatic heterocycles. The van der Waals surface area contributed by atoms with Gasteiger partial charge in [0.05, 0.1) is 17.7 Å². The van der Waals surface area contributed by atoms with Crippen molar-refractivity contribution in [2.75, 3.05) is 12.4 Å². The molecule has 0 bridgehead atoms. The van der Waals surface area contributed by atoms with Crippen molar-refractivity contribution < 1.29 is 9.59 Å². The summed E-state index contributed by atoms with van der Waals surface area (Å²) in [6.45, 7) is 6.05. The highest BCUT2D eigenvalue weighted by Crippen LogP contribution is 2.37. The van der Waals surface area contributed by atoms with Crippen molar-refractivity contribution in [1.29, 1.82) is 0 Å². The van der Waals surface area contributed by atoms with Crippen LogP contribution in [-0.4, -0.2) is 42.9 Å². The molecular weight excluding hydrogens is 340 g/mol. The van der Waals surface area contributed by atoms with Crippen LogP contribution in [0.1, 0.15) is 44.8 Å². The molecule has 8 nitrogen and oxygen atoms in total. The number of carbonyl (C=O) groups is 2. The van der Waals surface area contributed by atoms with Crippen molar-refractivity contribution in [3.8, 4) is 0 Å². The van der Waals surface area contributed by atoms with E-state index >= 15 is 0 Å². The number of carbonyl (C=O) groups excluding carboxylic acids is 2. The molecule has 9 heteroatoms. The number of aryl methyl sites for hydroxylation is 1. The van der Waals surface area contributed by atoms with Gasteiger partial charge in [0.2, 0.25) is 16.9 Å². The van der Waals surface area contributed by atoms with Gasteiger partial charge in [0, 0.05) is 43.7 Å². The number of hydrogen-bond donors (Lipinski definition) is 1. The van der Waals surface area contributed by atoms with Crippen molar-refractivity contribution in [2.24, 2.45) is 13.0 Å². The second kappa shape index (κ2) is 6.21. The van der Waals surface area contributed by atoms with Crippen LogP contribution in [0.2, 0.25) is 0 Å². The van der Waals surface area contributed by atoms with E-state index in [-0.39, 0.29) is 29.7 Å². The summed E-state index contributed by atoms with van der Waals surface area (Å²) >= 11 is 1.16. The summed E-state index contributed by atoms with van der Waals surface area (Å²) in [7, 11) is 3.53. The lowest BCUT2D eigenvalue weighted by molar-refractivity contribution is -0.128. The minimum absolute atomic E-state index is 0.0565. The van der Waals surface area contributed by atoms with Gasteiger partial charge in [0.25, 0.3) is 0 Å². The second-order valence-electron chi connectivity index (χ2n) is 7.30. The van der Waals surface area contributed by atoms with Crippen molar-refractivity contribution in [2.45, 2.75) is 38.6 Å². The monoisotopic (exact) mass is 362 g/mol. The Hall–Kier alpha value is -2.29. The largest absolute Gasteiger partial charge is 0.336 e. The van der Waals surface area contributed by atoms with Crippen molar-refractivity contribution in [3.05, 3.63) is 23.8 Å². The van der Waals surface area contributed by atoms with Gasteiger partial charge in [-0.2, -0.15) is 9.47 Å². The fraction of sp³-hybridized carbons (Fsp3) is 0.562. The average Bonchev–Trinajstić information content (AvgIpc) is 3.20. The Labute approximate surface area is 150 Å². The van der Waals surface area contributed by atoms with E-state index in [1.165, 1.54) is 0 Å². The van der Waals surface area contributed by atoms with E-state index in [0.29, 0.717) is 11.0 Å². The first-order valence-electron chi connectivity index (χ1n) is 8.07. The molecule has 1 aliphatic heterocycles. The van der Waals surface area contributed by atoms with Gasteiger partial charge in [-0.05, 0) is 6.07 Å². The maximum Gasteiger partial charge on any atom is 0.232 e. The van der Waals surface area contributed by atoms with Crippen molar-refractivity contribution in [3.63, 3.8) is 0 Å². The van der Waals surface area contributed by atoms with Crippen LogP contribution in [0.3, 0.4) is 0 Å². The third-order valence-corrected chi connectivity index (χ3v) is 5.04. The molecule has 3 rings (SSSR count). The summed E-state index contributed by atoms with van der Waals surface area (Å²) in [6, 6.07) is 1.50. The van der Waals surface area contributed by atoms with Gasteiger partial charge >= 0.3 is 0 Å². The second-order valence-corrected chi connectivity index (χ2v) is 8.05. The molecular formula is C16H22N6O2S. The topological polar surface area (TPSA) is 93.0 Å². The highest BCUT2D eigenvalue weighted by molar-refractivity contribution is 7.09. The molecule has 134 valence electrons. The van der Waals surface area contributed by atoms with Crippen molar-refractivity contribution >= 4 is 28.5 Å². The lowest BCUT2D eigenvalue weighted by Crippen LogP contribution is -2.31. The first-order valence-corrected chi connectivity index (χ1v) is 8.84. The van der Waals surface area contributed by atoms with Gasteiger partial charge in [-0.1, -0.05) is 20.8 Å². The summed E-state index contributed by atoms with van der Waals surface area (Å²) in [5, 5.41) is 7.44. The van der Waals surface area contributed by atoms with Gasteiger partial charge in [0.1, 0.15) is 5.82 Å². The quantitative estimate of drug-likeness (QED) is 0.897. The lowest BCUT2D eigenvalue weighted by atomic mass is 9.96. The molecule has 1 saturated heterocycles. The van der Waals surface area contributed by atoms with E-state index in [4.69, 9.17) is 0 Å². The average molecular weight is 362 g/mol. The summed E-state index contributed by atoms with van der Waals surface area (Å²) in [5.74, 6) is -0.0787. The van der Waals surface area contributed by atoms with Crippen LogP contribution in [0.4, 0.5) is 5.13 Å². The number of nitrogens with zero attached hydrogens (tertiary/aromatic N) is 5. The van der Waals surface area contributed by atoms with E-state index in [2.05, 4.69) is 19.8 Å². The minimum atomic E-state index is -0.491. The molecule has 0 aliphatic carbocycles. The van der Waals surface area contributed by atoms with Crippen LogP contribution in [0, 0.1) is 5.92 Å². The zero-order valence-electron chi connectivity index (χ0n) is 15.0. The van der Waals surface area contributed by atoms with E-state index in [0.717, 1.165) is 17.2 Å². The standard InChI is InChI=1S/C16H22N6O2S/c1-16(2,3)14-19-15(25-20-14)18-13(24)9-8-11(23)21(4)12(9)10-6-7-17-22(10)5/h6-7,9,12H,8H2,1-5H3,(H,18,19,20,24). The number of rotatable bonds is 3. The zero-order chi connectivity index (χ0) is 18.4. The van der Waals surface area contributed by atoms with Crippen LogP contribution >= 0.6 is 11.5 Å². The number of anilines is 1. The van der Waals surface area contributed by atoms with Gasteiger partial charge in [-0.15, -0.1) is 0 Å². The maximum atomic E-state index is 12.8. The molecule has 3 heterocycles. The Morgan fingerprint density at radius 1 is 1.36 bits per heavy atom. The zero-order valence-corrected chi connectivity index (χ0v) is 15.8. The lowest BCUT2D eigenvalue weighted by Gasteiger charge is -2.24. The highest BCUT2D eigenvalue weighted by atomic mass is 32.1. The Bertz CT molecular complexity index is 806. The summed E-state index contributed by atoms with van der Waals surface area (Å²) in [6.07, 6.45) is 1.84. The summed E-state index contributed by atoms with van der Waals surface area (Å²) in [4.78, 5) is 31.0. The Balaban J connectivity index is 1.82. The number of aromatic nitrogens is 4. The van der Waals surface area contributed by atoms with Crippen LogP contribution in [0.25, 0.3) is 0 Å². The summed E-state index contributed by atoms with van der Waals surface area (Å²) in [5.41, 5.74) is 0.654.